The second-order valence-corrected chi connectivity index (χ2v) is 7.53. The van der Waals surface area contributed by atoms with Crippen molar-refractivity contribution in [2.45, 2.75) is 59.8 Å². The summed E-state index contributed by atoms with van der Waals surface area (Å²) >= 11 is 0. The molecule has 0 spiro atoms. The molecule has 32 heavy (non-hydrogen) atoms. The fraction of sp³-hybridized carbons (Fsp3) is 0.667. The number of esters is 4. The first-order valence-electron chi connectivity index (χ1n) is 10.00. The van der Waals surface area contributed by atoms with Gasteiger partial charge in [-0.15, -0.1) is 0 Å². The Balaban J connectivity index is 5.59. The van der Waals surface area contributed by atoms with E-state index in [4.69, 9.17) is 18.9 Å². The number of ether oxygens (including phenoxy) is 4. The van der Waals surface area contributed by atoms with E-state index >= 15 is 0 Å². The van der Waals surface area contributed by atoms with Crippen LogP contribution < -0.4 is 0 Å². The number of carbonyl (C=O) groups excluding carboxylic acids is 7. The van der Waals surface area contributed by atoms with Crippen molar-refractivity contribution in [3.8, 4) is 0 Å². The third kappa shape index (κ3) is 14.0. The van der Waals surface area contributed by atoms with Crippen molar-refractivity contribution in [2.24, 2.45) is 5.41 Å². The minimum atomic E-state index is -1.52. The molecule has 0 heterocycles. The highest BCUT2D eigenvalue weighted by Crippen LogP contribution is 2.22. The molecule has 0 aliphatic heterocycles. The third-order valence-electron chi connectivity index (χ3n) is 3.79. The Morgan fingerprint density at radius 1 is 0.531 bits per heavy atom. The Bertz CT molecular complexity index is 644. The highest BCUT2D eigenvalue weighted by molar-refractivity contribution is 5.95. The highest BCUT2D eigenvalue weighted by Gasteiger charge is 2.38. The summed E-state index contributed by atoms with van der Waals surface area (Å²) < 4.78 is 20.4. The number of carbonyl (C=O) groups is 7. The van der Waals surface area contributed by atoms with Crippen LogP contribution in [0.2, 0.25) is 0 Å². The molecule has 0 aromatic carbocycles. The molecule has 0 saturated carbocycles. The molecule has 0 fully saturated rings. The molecule has 180 valence electrons. The van der Waals surface area contributed by atoms with Crippen LogP contribution in [0.1, 0.15) is 59.8 Å². The molecule has 11 heteroatoms. The topological polar surface area (TPSA) is 156 Å². The van der Waals surface area contributed by atoms with Crippen LogP contribution >= 0.6 is 0 Å². The molecule has 0 radical (unpaired) electrons. The number of ketones is 3. The van der Waals surface area contributed by atoms with Crippen molar-refractivity contribution in [3.63, 3.8) is 0 Å². The van der Waals surface area contributed by atoms with Gasteiger partial charge < -0.3 is 18.9 Å². The lowest BCUT2D eigenvalue weighted by Crippen LogP contribution is -2.44. The SMILES string of the molecule is CCCC(=O)OCC(COC(=O)CC(C)=O)(COC(=O)CC(C)=O)COC(=O)CC(C)=O. The van der Waals surface area contributed by atoms with E-state index in [1.807, 2.05) is 0 Å². The molecule has 0 unspecified atom stereocenters. The molecule has 0 aromatic heterocycles. The van der Waals surface area contributed by atoms with E-state index in [1.165, 1.54) is 20.8 Å². The summed E-state index contributed by atoms with van der Waals surface area (Å²) in [5.74, 6) is -4.58. The zero-order valence-corrected chi connectivity index (χ0v) is 18.9. The molecular formula is C21H30O11. The predicted octanol–water partition coefficient (Wildman–Crippen LogP) is 0.883. The summed E-state index contributed by atoms with van der Waals surface area (Å²) in [5.41, 5.74) is -1.52. The second-order valence-electron chi connectivity index (χ2n) is 7.53. The standard InChI is InChI=1S/C21H30O11/c1-5-6-17(25)29-10-21(11-30-18(26)7-14(2)22,12-31-19(27)8-15(3)23)13-32-20(28)9-16(4)24/h5-13H2,1-4H3. The highest BCUT2D eigenvalue weighted by atomic mass is 16.6. The molecule has 0 aromatic rings. The summed E-state index contributed by atoms with van der Waals surface area (Å²) in [6.45, 7) is 3.28. The van der Waals surface area contributed by atoms with Crippen molar-refractivity contribution in [1.82, 2.24) is 0 Å². The zero-order valence-electron chi connectivity index (χ0n) is 18.9. The molecule has 0 atom stereocenters. The predicted molar refractivity (Wildman–Crippen MR) is 107 cm³/mol. The molecule has 0 aliphatic rings. The maximum atomic E-state index is 11.9. The van der Waals surface area contributed by atoms with Crippen LogP contribution in [0.3, 0.4) is 0 Å². The van der Waals surface area contributed by atoms with Crippen molar-refractivity contribution < 1.29 is 52.5 Å². The first kappa shape index (κ1) is 28.9. The summed E-state index contributed by atoms with van der Waals surface area (Å²) in [6.07, 6.45) is -0.949. The van der Waals surface area contributed by atoms with E-state index in [0.29, 0.717) is 6.42 Å². The van der Waals surface area contributed by atoms with Gasteiger partial charge in [0.05, 0.1) is 0 Å². The Kier molecular flexibility index (Phi) is 13.4. The van der Waals surface area contributed by atoms with E-state index in [-0.39, 0.29) is 6.42 Å². The van der Waals surface area contributed by atoms with Gasteiger partial charge in [-0.1, -0.05) is 6.92 Å². The molecule has 0 rings (SSSR count). The van der Waals surface area contributed by atoms with Gasteiger partial charge in [0, 0.05) is 6.42 Å². The smallest absolute Gasteiger partial charge is 0.313 e. The van der Waals surface area contributed by atoms with E-state index in [0.717, 1.165) is 0 Å². The molecular weight excluding hydrogens is 428 g/mol. The molecule has 11 nitrogen and oxygen atoms in total. The molecule has 0 aliphatic carbocycles. The van der Waals surface area contributed by atoms with Gasteiger partial charge in [-0.25, -0.2) is 0 Å². The average Bonchev–Trinajstić information content (AvgIpc) is 2.65. The fourth-order valence-corrected chi connectivity index (χ4v) is 2.22. The first-order chi connectivity index (χ1) is 14.9. The van der Waals surface area contributed by atoms with Gasteiger partial charge in [0.25, 0.3) is 0 Å². The largest absolute Gasteiger partial charge is 0.465 e. The molecule has 0 N–H and O–H groups in total. The summed E-state index contributed by atoms with van der Waals surface area (Å²) in [4.78, 5) is 80.8. The second kappa shape index (κ2) is 14.8. The van der Waals surface area contributed by atoms with Crippen LogP contribution in [-0.2, 0) is 52.5 Å². The Morgan fingerprint density at radius 2 is 0.812 bits per heavy atom. The number of hydrogen-bond acceptors (Lipinski definition) is 11. The van der Waals surface area contributed by atoms with E-state index in [2.05, 4.69) is 0 Å². The van der Waals surface area contributed by atoms with Gasteiger partial charge in [-0.3, -0.25) is 33.6 Å². The lowest BCUT2D eigenvalue weighted by molar-refractivity contribution is -0.170. The minimum absolute atomic E-state index is 0.0917. The van der Waals surface area contributed by atoms with Gasteiger partial charge in [0.1, 0.15) is 68.5 Å². The fourth-order valence-electron chi connectivity index (χ4n) is 2.22. The van der Waals surface area contributed by atoms with Crippen LogP contribution in [0.25, 0.3) is 0 Å². The van der Waals surface area contributed by atoms with Gasteiger partial charge in [0.2, 0.25) is 0 Å². The van der Waals surface area contributed by atoms with Gasteiger partial charge >= 0.3 is 23.9 Å². The van der Waals surface area contributed by atoms with Crippen LogP contribution in [0.4, 0.5) is 0 Å². The van der Waals surface area contributed by atoms with E-state index in [9.17, 15) is 33.6 Å². The van der Waals surface area contributed by atoms with Gasteiger partial charge in [-0.2, -0.15) is 0 Å². The van der Waals surface area contributed by atoms with Crippen LogP contribution in [-0.4, -0.2) is 67.7 Å². The quantitative estimate of drug-likeness (QED) is 0.184. The molecule has 0 bridgehead atoms. The lowest BCUT2D eigenvalue weighted by atomic mass is 9.92. The monoisotopic (exact) mass is 458 g/mol. The maximum Gasteiger partial charge on any atom is 0.313 e. The maximum absolute atomic E-state index is 11.9. The van der Waals surface area contributed by atoms with E-state index < -0.39 is 92.3 Å². The van der Waals surface area contributed by atoms with Crippen molar-refractivity contribution in [3.05, 3.63) is 0 Å². The summed E-state index contributed by atoms with van der Waals surface area (Å²) in [7, 11) is 0. The van der Waals surface area contributed by atoms with Gasteiger partial charge in [-0.05, 0) is 27.2 Å². The van der Waals surface area contributed by atoms with Crippen LogP contribution in [0, 0.1) is 5.41 Å². The number of Topliss-reactive ketones (excluding diaryl/α,β-unsaturated/α-hetero) is 3. The van der Waals surface area contributed by atoms with Crippen LogP contribution in [0.15, 0.2) is 0 Å². The Morgan fingerprint density at radius 3 is 1.06 bits per heavy atom. The lowest BCUT2D eigenvalue weighted by Gasteiger charge is -2.31. The average molecular weight is 458 g/mol. The first-order valence-corrected chi connectivity index (χ1v) is 10.00. The van der Waals surface area contributed by atoms with Crippen molar-refractivity contribution in [1.29, 1.82) is 0 Å². The van der Waals surface area contributed by atoms with Gasteiger partial charge in [0.15, 0.2) is 0 Å². The Labute approximate surface area is 186 Å². The number of rotatable bonds is 16. The minimum Gasteiger partial charge on any atom is -0.465 e. The summed E-state index contributed by atoms with van der Waals surface area (Å²) in [5, 5.41) is 0. The van der Waals surface area contributed by atoms with Crippen molar-refractivity contribution in [2.75, 3.05) is 26.4 Å². The molecule has 0 saturated heterocycles. The zero-order chi connectivity index (χ0) is 24.7. The van der Waals surface area contributed by atoms with Crippen molar-refractivity contribution >= 4 is 41.2 Å². The summed E-state index contributed by atoms with van der Waals surface area (Å²) in [6, 6.07) is 0. The normalized spacial score (nSPS) is 10.6. The van der Waals surface area contributed by atoms with E-state index in [1.54, 1.807) is 6.92 Å². The Hall–Kier alpha value is -3.11. The molecule has 0 amide bonds. The third-order valence-corrected chi connectivity index (χ3v) is 3.79. The van der Waals surface area contributed by atoms with Crippen LogP contribution in [0.5, 0.6) is 0 Å². The number of hydrogen-bond donors (Lipinski definition) is 0.